The van der Waals surface area contributed by atoms with Crippen LogP contribution in [0, 0.1) is 6.92 Å². The predicted molar refractivity (Wildman–Crippen MR) is 121 cm³/mol. The Hall–Kier alpha value is -2.48. The predicted octanol–water partition coefficient (Wildman–Crippen LogP) is 2.87. The largest absolute Gasteiger partial charge is 0.328 e. The van der Waals surface area contributed by atoms with Crippen LogP contribution in [0.25, 0.3) is 0 Å². The second kappa shape index (κ2) is 8.81. The molecule has 0 radical (unpaired) electrons. The van der Waals surface area contributed by atoms with Crippen LogP contribution in [-0.4, -0.2) is 54.6 Å². The number of hydrogen-bond acceptors (Lipinski definition) is 5. The van der Waals surface area contributed by atoms with E-state index in [1.54, 1.807) is 10.9 Å². The highest BCUT2D eigenvalue weighted by atomic mass is 16.2. The fourth-order valence-corrected chi connectivity index (χ4v) is 5.80. The van der Waals surface area contributed by atoms with Gasteiger partial charge in [0, 0.05) is 45.3 Å². The minimum Gasteiger partial charge on any atom is -0.328 e. The number of piperidine rings is 1. The third kappa shape index (κ3) is 4.00. The molecule has 1 amide bonds. The number of fused-ring (bicyclic) bond motifs is 1. The summed E-state index contributed by atoms with van der Waals surface area (Å²) < 4.78 is 1.68. The number of nitrogens with zero attached hydrogens (tertiary/aromatic N) is 5. The van der Waals surface area contributed by atoms with Crippen LogP contribution in [-0.2, 0) is 20.0 Å². The van der Waals surface area contributed by atoms with E-state index in [9.17, 15) is 9.59 Å². The molecule has 1 aliphatic carbocycles. The van der Waals surface area contributed by atoms with Crippen LogP contribution in [0.15, 0.2) is 11.0 Å². The number of amides is 1. The van der Waals surface area contributed by atoms with Crippen LogP contribution in [0.4, 0.5) is 0 Å². The summed E-state index contributed by atoms with van der Waals surface area (Å²) in [5.41, 5.74) is 3.08. The van der Waals surface area contributed by atoms with Crippen molar-refractivity contribution in [3.63, 3.8) is 0 Å². The summed E-state index contributed by atoms with van der Waals surface area (Å²) in [7, 11) is 1.83. The molecular formula is C24H34N6O2. The number of aryl methyl sites for hydroxylation is 2. The standard InChI is InChI=1S/C24H34N6O2/c1-16-18(14-28(2)27-16)24(32)30-12-7-6-10-21(30)22-25-20-11-13-29(15-19(20)23(31)26-22)17-8-4-3-5-9-17/h14,17,21H,3-13,15H2,1-2H3,(H,25,26,31). The Morgan fingerprint density at radius 2 is 1.88 bits per heavy atom. The molecule has 1 N–H and O–H groups in total. The molecule has 8 heteroatoms. The van der Waals surface area contributed by atoms with Gasteiger partial charge in [-0.05, 0) is 39.0 Å². The fraction of sp³-hybridized carbons (Fsp3) is 0.667. The number of carbonyl (C=O) groups is 1. The summed E-state index contributed by atoms with van der Waals surface area (Å²) >= 11 is 0. The second-order valence-corrected chi connectivity index (χ2v) is 9.70. The van der Waals surface area contributed by atoms with Gasteiger partial charge in [-0.25, -0.2) is 4.98 Å². The number of H-pyrrole nitrogens is 1. The Bertz CT molecular complexity index is 1050. The smallest absolute Gasteiger partial charge is 0.257 e. The molecule has 4 heterocycles. The van der Waals surface area contributed by atoms with Crippen LogP contribution >= 0.6 is 0 Å². The highest BCUT2D eigenvalue weighted by molar-refractivity contribution is 5.95. The van der Waals surface area contributed by atoms with Gasteiger partial charge in [0.25, 0.3) is 11.5 Å². The fourth-order valence-electron chi connectivity index (χ4n) is 5.80. The molecule has 2 aromatic rings. The lowest BCUT2D eigenvalue weighted by molar-refractivity contribution is 0.0597. The van der Waals surface area contributed by atoms with E-state index in [4.69, 9.17) is 4.98 Å². The number of aromatic nitrogens is 4. The van der Waals surface area contributed by atoms with E-state index in [2.05, 4.69) is 15.0 Å². The maximum atomic E-state index is 13.4. The van der Waals surface area contributed by atoms with Crippen LogP contribution < -0.4 is 5.56 Å². The average molecular weight is 439 g/mol. The molecule has 0 bridgehead atoms. The van der Waals surface area contributed by atoms with Crippen LogP contribution in [0.5, 0.6) is 0 Å². The van der Waals surface area contributed by atoms with Gasteiger partial charge in [-0.1, -0.05) is 19.3 Å². The van der Waals surface area contributed by atoms with E-state index < -0.39 is 0 Å². The minimum atomic E-state index is -0.190. The summed E-state index contributed by atoms with van der Waals surface area (Å²) in [6.07, 6.45) is 11.8. The average Bonchev–Trinajstić information content (AvgIpc) is 3.16. The third-order valence-corrected chi connectivity index (χ3v) is 7.53. The third-order valence-electron chi connectivity index (χ3n) is 7.53. The monoisotopic (exact) mass is 438 g/mol. The maximum absolute atomic E-state index is 13.4. The molecule has 3 aliphatic rings. The molecule has 5 rings (SSSR count). The number of aromatic amines is 1. The molecule has 32 heavy (non-hydrogen) atoms. The number of carbonyl (C=O) groups excluding carboxylic acids is 1. The highest BCUT2D eigenvalue weighted by Crippen LogP contribution is 2.32. The molecule has 0 spiro atoms. The van der Waals surface area contributed by atoms with Gasteiger partial charge in [0.05, 0.1) is 28.6 Å². The van der Waals surface area contributed by atoms with Crippen LogP contribution in [0.3, 0.4) is 0 Å². The van der Waals surface area contributed by atoms with Gasteiger partial charge < -0.3 is 9.88 Å². The van der Waals surface area contributed by atoms with E-state index in [-0.39, 0.29) is 17.5 Å². The second-order valence-electron chi connectivity index (χ2n) is 9.70. The molecule has 8 nitrogen and oxygen atoms in total. The van der Waals surface area contributed by atoms with Gasteiger partial charge in [0.15, 0.2) is 0 Å². The minimum absolute atomic E-state index is 0.0239. The lowest BCUT2D eigenvalue weighted by atomic mass is 9.92. The highest BCUT2D eigenvalue weighted by Gasteiger charge is 2.34. The zero-order valence-electron chi connectivity index (χ0n) is 19.3. The Morgan fingerprint density at radius 3 is 2.62 bits per heavy atom. The zero-order chi connectivity index (χ0) is 22.2. The van der Waals surface area contributed by atoms with Gasteiger partial charge in [0.2, 0.25) is 0 Å². The first-order valence-corrected chi connectivity index (χ1v) is 12.2. The number of rotatable bonds is 3. The Kier molecular flexibility index (Phi) is 5.88. The summed E-state index contributed by atoms with van der Waals surface area (Å²) in [6.45, 7) is 4.21. The van der Waals surface area contributed by atoms with Crippen molar-refractivity contribution in [1.82, 2.24) is 29.5 Å². The van der Waals surface area contributed by atoms with Gasteiger partial charge in [-0.3, -0.25) is 19.2 Å². The Morgan fingerprint density at radius 1 is 1.09 bits per heavy atom. The molecule has 2 fully saturated rings. The van der Waals surface area contributed by atoms with Crippen LogP contribution in [0.2, 0.25) is 0 Å². The number of likely N-dealkylation sites (tertiary alicyclic amines) is 1. The van der Waals surface area contributed by atoms with Crippen molar-refractivity contribution in [3.05, 3.63) is 44.9 Å². The van der Waals surface area contributed by atoms with Crippen molar-refractivity contribution < 1.29 is 4.79 Å². The first-order valence-electron chi connectivity index (χ1n) is 12.2. The summed E-state index contributed by atoms with van der Waals surface area (Å²) in [6, 6.07) is 0.412. The van der Waals surface area contributed by atoms with Crippen molar-refractivity contribution in [1.29, 1.82) is 0 Å². The normalized spacial score (nSPS) is 22.7. The lowest BCUT2D eigenvalue weighted by Gasteiger charge is -2.38. The quantitative estimate of drug-likeness (QED) is 0.796. The molecule has 1 atom stereocenters. The van der Waals surface area contributed by atoms with E-state index in [0.29, 0.717) is 30.5 Å². The first kappa shape index (κ1) is 21.4. The lowest BCUT2D eigenvalue weighted by Crippen LogP contribution is -2.44. The SMILES string of the molecule is Cc1nn(C)cc1C(=O)N1CCCCC1c1nc2c(c(=O)[nH]1)CN(C1CCCCC1)CC2. The van der Waals surface area contributed by atoms with Crippen molar-refractivity contribution in [3.8, 4) is 0 Å². The zero-order valence-corrected chi connectivity index (χ0v) is 19.3. The Labute approximate surface area is 189 Å². The maximum Gasteiger partial charge on any atom is 0.257 e. The number of nitrogens with one attached hydrogen (secondary N) is 1. The first-order chi connectivity index (χ1) is 15.5. The van der Waals surface area contributed by atoms with Crippen molar-refractivity contribution in [2.75, 3.05) is 13.1 Å². The number of hydrogen-bond donors (Lipinski definition) is 1. The van der Waals surface area contributed by atoms with E-state index in [1.165, 1.54) is 32.1 Å². The van der Waals surface area contributed by atoms with Crippen molar-refractivity contribution in [2.24, 2.45) is 7.05 Å². The Balaban J connectivity index is 1.40. The van der Waals surface area contributed by atoms with Gasteiger partial charge >= 0.3 is 0 Å². The molecule has 1 saturated heterocycles. The molecule has 1 saturated carbocycles. The molecule has 2 aromatic heterocycles. The van der Waals surface area contributed by atoms with Crippen LogP contribution in [0.1, 0.15) is 90.5 Å². The molecule has 0 aromatic carbocycles. The summed E-state index contributed by atoms with van der Waals surface area (Å²) in [5, 5.41) is 4.33. The van der Waals surface area contributed by atoms with E-state index >= 15 is 0 Å². The van der Waals surface area contributed by atoms with E-state index in [0.717, 1.165) is 49.2 Å². The van der Waals surface area contributed by atoms with E-state index in [1.807, 2.05) is 18.9 Å². The van der Waals surface area contributed by atoms with Crippen molar-refractivity contribution >= 4 is 5.91 Å². The summed E-state index contributed by atoms with van der Waals surface area (Å²) in [4.78, 5) is 38.9. The summed E-state index contributed by atoms with van der Waals surface area (Å²) in [5.74, 6) is 0.624. The van der Waals surface area contributed by atoms with Gasteiger partial charge in [-0.15, -0.1) is 0 Å². The topological polar surface area (TPSA) is 87.1 Å². The molecule has 1 unspecified atom stereocenters. The van der Waals surface area contributed by atoms with Gasteiger partial charge in [-0.2, -0.15) is 5.10 Å². The van der Waals surface area contributed by atoms with Crippen molar-refractivity contribution in [2.45, 2.75) is 83.3 Å². The molecule has 2 aliphatic heterocycles. The molecular weight excluding hydrogens is 404 g/mol. The molecule has 172 valence electrons. The van der Waals surface area contributed by atoms with Gasteiger partial charge in [0.1, 0.15) is 5.82 Å².